The van der Waals surface area contributed by atoms with E-state index in [0.29, 0.717) is 45.1 Å². The Hall–Kier alpha value is -1.10. The molecule has 1 rings (SSSR count). The first kappa shape index (κ1) is 17.0. The molecular weight excluding hydrogens is 254 g/mol. The number of hydrogen-bond acceptors (Lipinski definition) is 3. The first-order chi connectivity index (χ1) is 9.34. The molecule has 1 aliphatic heterocycles. The molecule has 0 aromatic rings. The topological polar surface area (TPSA) is 66.6 Å². The van der Waals surface area contributed by atoms with Crippen LogP contribution in [0.1, 0.15) is 40.5 Å². The quantitative estimate of drug-likeness (QED) is 0.821. The smallest absolute Gasteiger partial charge is 0.229 e. The number of piperazine rings is 1. The van der Waals surface area contributed by atoms with E-state index < -0.39 is 5.41 Å². The summed E-state index contributed by atoms with van der Waals surface area (Å²) in [4.78, 5) is 28.2. The van der Waals surface area contributed by atoms with Crippen LogP contribution in [-0.2, 0) is 9.59 Å². The molecule has 0 aromatic carbocycles. The van der Waals surface area contributed by atoms with Crippen LogP contribution in [-0.4, -0.2) is 54.3 Å². The number of carbonyl (C=O) groups excluding carboxylic acids is 2. The Morgan fingerprint density at radius 2 is 1.65 bits per heavy atom. The van der Waals surface area contributed by atoms with Crippen molar-refractivity contribution in [2.45, 2.75) is 40.5 Å². The molecular formula is C15H29N3O2. The molecule has 5 heteroatoms. The highest BCUT2D eigenvalue weighted by Crippen LogP contribution is 2.23. The molecule has 0 spiro atoms. The molecule has 2 amide bonds. The van der Waals surface area contributed by atoms with Gasteiger partial charge in [-0.3, -0.25) is 9.59 Å². The third kappa shape index (κ3) is 3.95. The van der Waals surface area contributed by atoms with Gasteiger partial charge in [0.15, 0.2) is 0 Å². The average molecular weight is 283 g/mol. The van der Waals surface area contributed by atoms with Crippen molar-refractivity contribution < 1.29 is 9.59 Å². The second-order valence-corrected chi connectivity index (χ2v) is 6.39. The summed E-state index contributed by atoms with van der Waals surface area (Å²) in [5.41, 5.74) is 5.28. The number of amides is 2. The summed E-state index contributed by atoms with van der Waals surface area (Å²) in [6, 6.07) is 0. The largest absolute Gasteiger partial charge is 0.339 e. The third-order valence-electron chi connectivity index (χ3n) is 4.25. The van der Waals surface area contributed by atoms with Crippen LogP contribution in [0.4, 0.5) is 0 Å². The van der Waals surface area contributed by atoms with Gasteiger partial charge in [0, 0.05) is 39.1 Å². The van der Waals surface area contributed by atoms with Gasteiger partial charge in [0.05, 0.1) is 5.41 Å². The molecule has 1 heterocycles. The van der Waals surface area contributed by atoms with Crippen molar-refractivity contribution in [1.82, 2.24) is 9.80 Å². The highest BCUT2D eigenvalue weighted by Gasteiger charge is 2.35. The zero-order valence-corrected chi connectivity index (χ0v) is 13.3. The lowest BCUT2D eigenvalue weighted by Gasteiger charge is -2.39. The van der Waals surface area contributed by atoms with E-state index in [1.54, 1.807) is 0 Å². The van der Waals surface area contributed by atoms with Crippen molar-refractivity contribution in [2.75, 3.05) is 32.7 Å². The second-order valence-electron chi connectivity index (χ2n) is 6.39. The maximum atomic E-state index is 12.5. The minimum Gasteiger partial charge on any atom is -0.339 e. The molecule has 1 saturated heterocycles. The minimum absolute atomic E-state index is 0.124. The first-order valence-electron chi connectivity index (χ1n) is 7.61. The lowest BCUT2D eigenvalue weighted by atomic mass is 9.86. The highest BCUT2D eigenvalue weighted by atomic mass is 16.2. The maximum absolute atomic E-state index is 12.5. The fraction of sp³-hybridized carbons (Fsp3) is 0.867. The molecule has 1 unspecified atom stereocenters. The standard InChI is InChI=1S/C15H29N3O2/c1-5-15(4,11-16)14(20)18-8-6-17(7-9-18)13(19)10-12(2)3/h12H,5-11,16H2,1-4H3. The van der Waals surface area contributed by atoms with E-state index >= 15 is 0 Å². The number of rotatable bonds is 5. The van der Waals surface area contributed by atoms with Crippen LogP contribution in [0.3, 0.4) is 0 Å². The number of carbonyl (C=O) groups is 2. The average Bonchev–Trinajstić information content (AvgIpc) is 2.45. The molecule has 5 nitrogen and oxygen atoms in total. The molecule has 1 atom stereocenters. The predicted molar refractivity (Wildman–Crippen MR) is 80.1 cm³/mol. The summed E-state index contributed by atoms with van der Waals surface area (Å²) in [6.45, 7) is 10.9. The van der Waals surface area contributed by atoms with Crippen molar-refractivity contribution in [3.05, 3.63) is 0 Å². The third-order valence-corrected chi connectivity index (χ3v) is 4.25. The molecule has 0 bridgehead atoms. The Morgan fingerprint density at radius 1 is 1.15 bits per heavy atom. The Kier molecular flexibility index (Phi) is 5.99. The van der Waals surface area contributed by atoms with E-state index in [0.717, 1.165) is 6.42 Å². The Bertz CT molecular complexity index is 343. The van der Waals surface area contributed by atoms with Crippen molar-refractivity contribution in [1.29, 1.82) is 0 Å². The number of nitrogens with two attached hydrogens (primary N) is 1. The summed E-state index contributed by atoms with van der Waals surface area (Å²) in [6.07, 6.45) is 1.33. The SMILES string of the molecule is CCC(C)(CN)C(=O)N1CCN(C(=O)CC(C)C)CC1. The van der Waals surface area contributed by atoms with Crippen LogP contribution in [0.25, 0.3) is 0 Å². The highest BCUT2D eigenvalue weighted by molar-refractivity contribution is 5.83. The number of hydrogen-bond donors (Lipinski definition) is 1. The fourth-order valence-corrected chi connectivity index (χ4v) is 2.40. The van der Waals surface area contributed by atoms with Gasteiger partial charge < -0.3 is 15.5 Å². The normalized spacial score (nSPS) is 19.1. The van der Waals surface area contributed by atoms with Gasteiger partial charge >= 0.3 is 0 Å². The molecule has 0 aliphatic carbocycles. The van der Waals surface area contributed by atoms with Crippen LogP contribution in [0, 0.1) is 11.3 Å². The molecule has 1 aliphatic rings. The van der Waals surface area contributed by atoms with E-state index in [1.807, 2.05) is 37.5 Å². The Labute approximate surface area is 122 Å². The first-order valence-corrected chi connectivity index (χ1v) is 7.61. The van der Waals surface area contributed by atoms with Crippen molar-refractivity contribution in [3.63, 3.8) is 0 Å². The lowest BCUT2D eigenvalue weighted by molar-refractivity contribution is -0.146. The zero-order chi connectivity index (χ0) is 15.3. The molecule has 20 heavy (non-hydrogen) atoms. The fourth-order valence-electron chi connectivity index (χ4n) is 2.40. The summed E-state index contributed by atoms with van der Waals surface area (Å²) in [5, 5.41) is 0. The van der Waals surface area contributed by atoms with Gasteiger partial charge in [0.1, 0.15) is 0 Å². The van der Waals surface area contributed by atoms with Gasteiger partial charge in [0.25, 0.3) is 0 Å². The Morgan fingerprint density at radius 3 is 2.05 bits per heavy atom. The van der Waals surface area contributed by atoms with Crippen LogP contribution < -0.4 is 5.73 Å². The summed E-state index contributed by atoms with van der Waals surface area (Å²) in [7, 11) is 0. The second kappa shape index (κ2) is 7.07. The van der Waals surface area contributed by atoms with Crippen molar-refractivity contribution in [2.24, 2.45) is 17.1 Å². The molecule has 1 fully saturated rings. The van der Waals surface area contributed by atoms with Crippen molar-refractivity contribution >= 4 is 11.8 Å². The van der Waals surface area contributed by atoms with Crippen LogP contribution in [0.15, 0.2) is 0 Å². The summed E-state index contributed by atoms with van der Waals surface area (Å²) in [5.74, 6) is 0.699. The van der Waals surface area contributed by atoms with E-state index in [1.165, 1.54) is 0 Å². The van der Waals surface area contributed by atoms with Crippen molar-refractivity contribution in [3.8, 4) is 0 Å². The van der Waals surface area contributed by atoms with Gasteiger partial charge in [-0.15, -0.1) is 0 Å². The van der Waals surface area contributed by atoms with Gasteiger partial charge in [-0.05, 0) is 19.3 Å². The predicted octanol–water partition coefficient (Wildman–Crippen LogP) is 1.08. The van der Waals surface area contributed by atoms with Crippen LogP contribution in [0.5, 0.6) is 0 Å². The van der Waals surface area contributed by atoms with Crippen LogP contribution >= 0.6 is 0 Å². The molecule has 0 aromatic heterocycles. The summed E-state index contributed by atoms with van der Waals surface area (Å²) < 4.78 is 0. The van der Waals surface area contributed by atoms with E-state index in [-0.39, 0.29) is 11.8 Å². The Balaban J connectivity index is 2.54. The van der Waals surface area contributed by atoms with Crippen LogP contribution in [0.2, 0.25) is 0 Å². The lowest BCUT2D eigenvalue weighted by Crippen LogP contribution is -2.55. The maximum Gasteiger partial charge on any atom is 0.229 e. The molecule has 0 radical (unpaired) electrons. The van der Waals surface area contributed by atoms with Gasteiger partial charge in [0.2, 0.25) is 11.8 Å². The monoisotopic (exact) mass is 283 g/mol. The van der Waals surface area contributed by atoms with Gasteiger partial charge in [-0.1, -0.05) is 20.8 Å². The summed E-state index contributed by atoms with van der Waals surface area (Å²) >= 11 is 0. The van der Waals surface area contributed by atoms with Gasteiger partial charge in [-0.25, -0.2) is 0 Å². The zero-order valence-electron chi connectivity index (χ0n) is 13.3. The van der Waals surface area contributed by atoms with E-state index in [2.05, 4.69) is 0 Å². The minimum atomic E-state index is -0.468. The molecule has 0 saturated carbocycles. The van der Waals surface area contributed by atoms with E-state index in [4.69, 9.17) is 5.73 Å². The van der Waals surface area contributed by atoms with Gasteiger partial charge in [-0.2, -0.15) is 0 Å². The number of nitrogens with zero attached hydrogens (tertiary/aromatic N) is 2. The molecule has 116 valence electrons. The molecule has 2 N–H and O–H groups in total. The van der Waals surface area contributed by atoms with E-state index in [9.17, 15) is 9.59 Å².